The number of rotatable bonds is 10. The van der Waals surface area contributed by atoms with Crippen molar-refractivity contribution in [2.75, 3.05) is 26.2 Å². The summed E-state index contributed by atoms with van der Waals surface area (Å²) in [5.74, 6) is 1.04. The third kappa shape index (κ3) is 6.65. The number of benzene rings is 2. The lowest BCUT2D eigenvalue weighted by atomic mass is 10.1. The molecule has 0 radical (unpaired) electrons. The summed E-state index contributed by atoms with van der Waals surface area (Å²) in [6.45, 7) is 5.37. The maximum absolute atomic E-state index is 6.22. The summed E-state index contributed by atoms with van der Waals surface area (Å²) in [7, 11) is 0. The van der Waals surface area contributed by atoms with E-state index in [1.54, 1.807) is 0 Å². The van der Waals surface area contributed by atoms with Crippen LogP contribution < -0.4 is 4.74 Å². The molecule has 3 nitrogen and oxygen atoms in total. The SMILES string of the molecule is Clc1ccc(SN(Cc2ccccc2OCCCN2CCCCC2)C2CC2)cc1. The second-order valence-electron chi connectivity index (χ2n) is 8.06. The van der Waals surface area contributed by atoms with E-state index in [2.05, 4.69) is 45.6 Å². The molecule has 2 aromatic carbocycles. The second kappa shape index (κ2) is 10.7. The van der Waals surface area contributed by atoms with Crippen LogP contribution in [0.2, 0.25) is 5.02 Å². The van der Waals surface area contributed by atoms with Crippen molar-refractivity contribution in [3.05, 3.63) is 59.1 Å². The quantitative estimate of drug-likeness (QED) is 0.326. The first kappa shape index (κ1) is 21.0. The van der Waals surface area contributed by atoms with Gasteiger partial charge >= 0.3 is 0 Å². The largest absolute Gasteiger partial charge is 0.493 e. The van der Waals surface area contributed by atoms with Crippen LogP contribution in [-0.2, 0) is 6.54 Å². The molecule has 2 aromatic rings. The summed E-state index contributed by atoms with van der Waals surface area (Å²) in [6.07, 6.45) is 7.75. The molecular formula is C24H31ClN2OS. The van der Waals surface area contributed by atoms with Gasteiger partial charge in [-0.3, -0.25) is 0 Å². The summed E-state index contributed by atoms with van der Waals surface area (Å²) >= 11 is 7.87. The van der Waals surface area contributed by atoms with E-state index in [0.29, 0.717) is 6.04 Å². The van der Waals surface area contributed by atoms with E-state index in [9.17, 15) is 0 Å². The Morgan fingerprint density at radius 3 is 2.52 bits per heavy atom. The predicted molar refractivity (Wildman–Crippen MR) is 123 cm³/mol. The molecule has 0 atom stereocenters. The van der Waals surface area contributed by atoms with Gasteiger partial charge in [-0.05, 0) is 87.5 Å². The highest BCUT2D eigenvalue weighted by Gasteiger charge is 2.30. The Morgan fingerprint density at radius 2 is 1.76 bits per heavy atom. The van der Waals surface area contributed by atoms with E-state index in [1.807, 2.05) is 24.1 Å². The first-order valence-corrected chi connectivity index (χ1v) is 12.1. The number of halogens is 1. The first-order valence-electron chi connectivity index (χ1n) is 10.9. The fourth-order valence-corrected chi connectivity index (χ4v) is 5.04. The molecule has 0 aromatic heterocycles. The predicted octanol–water partition coefficient (Wildman–Crippen LogP) is 6.27. The van der Waals surface area contributed by atoms with E-state index in [1.165, 1.54) is 55.7 Å². The molecule has 1 saturated carbocycles. The number of para-hydroxylation sites is 1. The Bertz CT molecular complexity index is 760. The average molecular weight is 431 g/mol. The second-order valence-corrected chi connectivity index (χ2v) is 9.62. The summed E-state index contributed by atoms with van der Waals surface area (Å²) in [5, 5.41) is 0.788. The summed E-state index contributed by atoms with van der Waals surface area (Å²) in [4.78, 5) is 3.82. The molecule has 0 N–H and O–H groups in total. The summed E-state index contributed by atoms with van der Waals surface area (Å²) in [5.41, 5.74) is 1.28. The third-order valence-corrected chi connectivity index (χ3v) is 7.01. The Labute approximate surface area is 184 Å². The van der Waals surface area contributed by atoms with Crippen molar-refractivity contribution < 1.29 is 4.74 Å². The highest BCUT2D eigenvalue weighted by molar-refractivity contribution is 7.97. The van der Waals surface area contributed by atoms with Crippen LogP contribution in [0.15, 0.2) is 53.4 Å². The Morgan fingerprint density at radius 1 is 1.00 bits per heavy atom. The Balaban J connectivity index is 1.31. The molecular weight excluding hydrogens is 400 g/mol. The van der Waals surface area contributed by atoms with Gasteiger partial charge < -0.3 is 9.64 Å². The van der Waals surface area contributed by atoms with Crippen LogP contribution in [0, 0.1) is 0 Å². The first-order chi connectivity index (χ1) is 14.3. The van der Waals surface area contributed by atoms with Gasteiger partial charge in [-0.1, -0.05) is 36.2 Å². The molecule has 2 fully saturated rings. The fraction of sp³-hybridized carbons (Fsp3) is 0.500. The monoisotopic (exact) mass is 430 g/mol. The minimum absolute atomic E-state index is 0.655. The van der Waals surface area contributed by atoms with E-state index in [0.717, 1.165) is 36.9 Å². The van der Waals surface area contributed by atoms with Gasteiger partial charge in [0, 0.05) is 34.6 Å². The molecule has 0 unspecified atom stereocenters. The van der Waals surface area contributed by atoms with Crippen LogP contribution in [0.3, 0.4) is 0 Å². The van der Waals surface area contributed by atoms with Crippen molar-refractivity contribution >= 4 is 23.5 Å². The lowest BCUT2D eigenvalue weighted by Crippen LogP contribution is -2.31. The highest BCUT2D eigenvalue weighted by atomic mass is 35.5. The molecule has 1 aliphatic carbocycles. The van der Waals surface area contributed by atoms with Crippen LogP contribution in [0.25, 0.3) is 0 Å². The topological polar surface area (TPSA) is 15.7 Å². The lowest BCUT2D eigenvalue weighted by molar-refractivity contribution is 0.204. The van der Waals surface area contributed by atoms with Crippen molar-refractivity contribution in [1.82, 2.24) is 9.21 Å². The number of likely N-dealkylation sites (tertiary alicyclic amines) is 1. The van der Waals surface area contributed by atoms with Crippen LogP contribution in [0.4, 0.5) is 0 Å². The van der Waals surface area contributed by atoms with Crippen molar-refractivity contribution in [2.24, 2.45) is 0 Å². The van der Waals surface area contributed by atoms with E-state index >= 15 is 0 Å². The van der Waals surface area contributed by atoms with Crippen LogP contribution in [0.1, 0.15) is 44.1 Å². The van der Waals surface area contributed by atoms with Gasteiger partial charge in [0.05, 0.1) is 6.61 Å². The van der Waals surface area contributed by atoms with Crippen LogP contribution in [0.5, 0.6) is 5.75 Å². The number of piperidine rings is 1. The molecule has 0 spiro atoms. The molecule has 5 heteroatoms. The molecule has 0 amide bonds. The average Bonchev–Trinajstić information content (AvgIpc) is 3.59. The Kier molecular flexibility index (Phi) is 7.78. The van der Waals surface area contributed by atoms with Gasteiger partial charge in [0.15, 0.2) is 0 Å². The standard InChI is InChI=1S/C24H31ClN2OS/c25-21-9-13-23(14-10-21)29-27(22-11-12-22)19-20-7-2-3-8-24(20)28-18-6-17-26-15-4-1-5-16-26/h2-3,7-10,13-14,22H,1,4-6,11-12,15-19H2. The van der Waals surface area contributed by atoms with E-state index < -0.39 is 0 Å². The number of hydrogen-bond acceptors (Lipinski definition) is 4. The third-order valence-electron chi connectivity index (χ3n) is 5.61. The smallest absolute Gasteiger partial charge is 0.123 e. The van der Waals surface area contributed by atoms with Gasteiger partial charge in [0.1, 0.15) is 5.75 Å². The maximum atomic E-state index is 6.22. The van der Waals surface area contributed by atoms with Crippen LogP contribution in [-0.4, -0.2) is 41.5 Å². The molecule has 156 valence electrons. The molecule has 2 aliphatic rings. The van der Waals surface area contributed by atoms with E-state index in [-0.39, 0.29) is 0 Å². The van der Waals surface area contributed by atoms with Crippen molar-refractivity contribution in [2.45, 2.75) is 56.0 Å². The zero-order valence-corrected chi connectivity index (χ0v) is 18.6. The minimum Gasteiger partial charge on any atom is -0.493 e. The zero-order valence-electron chi connectivity index (χ0n) is 17.1. The van der Waals surface area contributed by atoms with Gasteiger partial charge in [0.25, 0.3) is 0 Å². The summed E-state index contributed by atoms with van der Waals surface area (Å²) in [6, 6.07) is 17.3. The van der Waals surface area contributed by atoms with E-state index in [4.69, 9.17) is 16.3 Å². The Hall–Kier alpha value is -1.20. The molecule has 0 bridgehead atoms. The van der Waals surface area contributed by atoms with Gasteiger partial charge in [-0.2, -0.15) is 0 Å². The molecule has 1 heterocycles. The normalized spacial score (nSPS) is 17.6. The highest BCUT2D eigenvalue weighted by Crippen LogP contribution is 2.38. The van der Waals surface area contributed by atoms with Crippen molar-refractivity contribution in [1.29, 1.82) is 0 Å². The fourth-order valence-electron chi connectivity index (χ4n) is 3.83. The number of nitrogens with zero attached hydrogens (tertiary/aromatic N) is 2. The van der Waals surface area contributed by atoms with Crippen molar-refractivity contribution in [3.8, 4) is 5.75 Å². The van der Waals surface area contributed by atoms with Gasteiger partial charge in [0.2, 0.25) is 0 Å². The molecule has 29 heavy (non-hydrogen) atoms. The number of hydrogen-bond donors (Lipinski definition) is 0. The lowest BCUT2D eigenvalue weighted by Gasteiger charge is -2.26. The van der Waals surface area contributed by atoms with Gasteiger partial charge in [-0.15, -0.1) is 0 Å². The summed E-state index contributed by atoms with van der Waals surface area (Å²) < 4.78 is 8.71. The molecule has 1 saturated heterocycles. The molecule has 4 rings (SSSR count). The number of ether oxygens (including phenoxy) is 1. The molecule has 1 aliphatic heterocycles. The van der Waals surface area contributed by atoms with Gasteiger partial charge in [-0.25, -0.2) is 4.31 Å². The van der Waals surface area contributed by atoms with Crippen molar-refractivity contribution in [3.63, 3.8) is 0 Å². The van der Waals surface area contributed by atoms with Crippen LogP contribution >= 0.6 is 23.5 Å². The zero-order chi connectivity index (χ0) is 19.9. The minimum atomic E-state index is 0.655. The maximum Gasteiger partial charge on any atom is 0.123 e.